The zero-order valence-corrected chi connectivity index (χ0v) is 14.3. The summed E-state index contributed by atoms with van der Waals surface area (Å²) in [5, 5.41) is 12.5. The fourth-order valence-corrected chi connectivity index (χ4v) is 3.70. The lowest BCUT2D eigenvalue weighted by molar-refractivity contribution is 0.0118. The molecule has 3 N–H and O–H groups in total. The Bertz CT molecular complexity index is 924. The minimum atomic E-state index is -0.916. The minimum absolute atomic E-state index is 0.434. The van der Waals surface area contributed by atoms with Gasteiger partial charge in [-0.25, -0.2) is 15.0 Å². The molecular weight excluding hydrogens is 338 g/mol. The van der Waals surface area contributed by atoms with Crippen molar-refractivity contribution in [1.82, 2.24) is 15.0 Å². The van der Waals surface area contributed by atoms with Crippen LogP contribution in [-0.2, 0) is 5.60 Å². The lowest BCUT2D eigenvalue weighted by atomic mass is 9.84. The Hall–Kier alpha value is -2.44. The topological polar surface area (TPSA) is 88.2 Å². The maximum absolute atomic E-state index is 11.1. The third kappa shape index (κ3) is 2.88. The molecular formula is C18H18ClN5O. The number of fused-ring (bicyclic) bond motifs is 1. The third-order valence-corrected chi connectivity index (χ3v) is 5.09. The molecule has 1 aliphatic heterocycles. The quantitative estimate of drug-likeness (QED) is 0.734. The van der Waals surface area contributed by atoms with Crippen molar-refractivity contribution in [2.24, 2.45) is 0 Å². The third-order valence-electron chi connectivity index (χ3n) is 4.76. The molecule has 2 aromatic heterocycles. The molecule has 1 aromatic carbocycles. The van der Waals surface area contributed by atoms with Crippen molar-refractivity contribution in [3.63, 3.8) is 0 Å². The van der Waals surface area contributed by atoms with Crippen LogP contribution in [0.1, 0.15) is 18.4 Å². The van der Waals surface area contributed by atoms with Crippen molar-refractivity contribution < 1.29 is 5.11 Å². The van der Waals surface area contributed by atoms with Crippen LogP contribution >= 0.6 is 11.6 Å². The molecule has 0 spiro atoms. The summed E-state index contributed by atoms with van der Waals surface area (Å²) in [4.78, 5) is 15.0. The first-order chi connectivity index (χ1) is 12.1. The van der Waals surface area contributed by atoms with Gasteiger partial charge >= 0.3 is 0 Å². The van der Waals surface area contributed by atoms with E-state index in [0.717, 1.165) is 16.8 Å². The van der Waals surface area contributed by atoms with Crippen LogP contribution < -0.4 is 10.6 Å². The summed E-state index contributed by atoms with van der Waals surface area (Å²) in [6.07, 6.45) is 2.65. The predicted octanol–water partition coefficient (Wildman–Crippen LogP) is 2.75. The maximum atomic E-state index is 11.1. The number of pyridine rings is 1. The molecule has 128 valence electrons. The van der Waals surface area contributed by atoms with Crippen molar-refractivity contribution in [2.75, 3.05) is 23.7 Å². The van der Waals surface area contributed by atoms with Crippen LogP contribution in [0.25, 0.3) is 11.0 Å². The summed E-state index contributed by atoms with van der Waals surface area (Å²) in [6, 6.07) is 11.1. The van der Waals surface area contributed by atoms with E-state index in [1.807, 2.05) is 30.3 Å². The number of nitrogen functional groups attached to an aromatic ring is 1. The summed E-state index contributed by atoms with van der Waals surface area (Å²) >= 11 is 6.28. The summed E-state index contributed by atoms with van der Waals surface area (Å²) < 4.78 is 0. The standard InChI is InChI=1S/C18H18ClN5O/c19-14-4-2-1-3-13(14)18(25)7-9-24(10-8-18)17-12-5-6-15(20)23-16(12)21-11-22-17/h1-6,11,25H,7-10H2,(H2,20,21,22,23). The minimum Gasteiger partial charge on any atom is -0.385 e. The molecule has 1 saturated heterocycles. The zero-order valence-electron chi connectivity index (χ0n) is 13.6. The SMILES string of the molecule is Nc1ccc2c(N3CCC(O)(c4ccccc4Cl)CC3)ncnc2n1. The van der Waals surface area contributed by atoms with E-state index in [0.29, 0.717) is 42.4 Å². The van der Waals surface area contributed by atoms with Gasteiger partial charge in [0.25, 0.3) is 0 Å². The first-order valence-corrected chi connectivity index (χ1v) is 8.54. The van der Waals surface area contributed by atoms with E-state index in [9.17, 15) is 5.11 Å². The molecule has 1 aliphatic rings. The van der Waals surface area contributed by atoms with Gasteiger partial charge in [-0.3, -0.25) is 0 Å². The molecule has 7 heteroatoms. The molecule has 4 rings (SSSR count). The molecule has 3 aromatic rings. The summed E-state index contributed by atoms with van der Waals surface area (Å²) in [6.45, 7) is 1.33. The van der Waals surface area contributed by atoms with Crippen LogP contribution in [0.4, 0.5) is 11.6 Å². The van der Waals surface area contributed by atoms with Gasteiger partial charge in [0.2, 0.25) is 0 Å². The molecule has 0 bridgehead atoms. The second-order valence-corrected chi connectivity index (χ2v) is 6.71. The molecule has 3 heterocycles. The summed E-state index contributed by atoms with van der Waals surface area (Å²) in [5.41, 5.74) is 6.19. The average Bonchev–Trinajstić information content (AvgIpc) is 2.62. The number of piperidine rings is 1. The second kappa shape index (κ2) is 6.13. The zero-order chi connectivity index (χ0) is 17.4. The number of nitrogens with zero attached hydrogens (tertiary/aromatic N) is 4. The fraction of sp³-hybridized carbons (Fsp3) is 0.278. The summed E-state index contributed by atoms with van der Waals surface area (Å²) in [5.74, 6) is 1.25. The van der Waals surface area contributed by atoms with Gasteiger partial charge in [0.05, 0.1) is 11.0 Å². The molecule has 0 amide bonds. The highest BCUT2D eigenvalue weighted by molar-refractivity contribution is 6.31. The van der Waals surface area contributed by atoms with Crippen molar-refractivity contribution in [2.45, 2.75) is 18.4 Å². The Labute approximate surface area is 150 Å². The van der Waals surface area contributed by atoms with Gasteiger partial charge in [0, 0.05) is 23.7 Å². The highest BCUT2D eigenvalue weighted by Crippen LogP contribution is 2.38. The Morgan fingerprint density at radius 1 is 1.08 bits per heavy atom. The first-order valence-electron chi connectivity index (χ1n) is 8.16. The molecule has 6 nitrogen and oxygen atoms in total. The van der Waals surface area contributed by atoms with Crippen molar-refractivity contribution in [1.29, 1.82) is 0 Å². The highest BCUT2D eigenvalue weighted by atomic mass is 35.5. The molecule has 0 radical (unpaired) electrons. The van der Waals surface area contributed by atoms with Gasteiger partial charge in [-0.2, -0.15) is 0 Å². The van der Waals surface area contributed by atoms with Crippen LogP contribution in [0.5, 0.6) is 0 Å². The number of nitrogens with two attached hydrogens (primary N) is 1. The number of halogens is 1. The van der Waals surface area contributed by atoms with Gasteiger partial charge in [0.1, 0.15) is 18.0 Å². The van der Waals surface area contributed by atoms with Crippen LogP contribution in [-0.4, -0.2) is 33.1 Å². The predicted molar refractivity (Wildman–Crippen MR) is 98.5 cm³/mol. The van der Waals surface area contributed by atoms with E-state index in [4.69, 9.17) is 17.3 Å². The van der Waals surface area contributed by atoms with Gasteiger partial charge in [-0.15, -0.1) is 0 Å². The van der Waals surface area contributed by atoms with Gasteiger partial charge in [-0.1, -0.05) is 29.8 Å². The smallest absolute Gasteiger partial charge is 0.166 e. The Morgan fingerprint density at radius 3 is 2.60 bits per heavy atom. The monoisotopic (exact) mass is 355 g/mol. The molecule has 25 heavy (non-hydrogen) atoms. The number of aromatic nitrogens is 3. The van der Waals surface area contributed by atoms with Gasteiger partial charge in [0.15, 0.2) is 5.65 Å². The van der Waals surface area contributed by atoms with Gasteiger partial charge in [-0.05, 0) is 31.0 Å². The van der Waals surface area contributed by atoms with Crippen molar-refractivity contribution >= 4 is 34.3 Å². The number of hydrogen-bond acceptors (Lipinski definition) is 6. The number of anilines is 2. The van der Waals surface area contributed by atoms with Crippen LogP contribution in [0, 0.1) is 0 Å². The Balaban J connectivity index is 1.62. The molecule has 1 fully saturated rings. The van der Waals surface area contributed by atoms with E-state index >= 15 is 0 Å². The number of aliphatic hydroxyl groups is 1. The van der Waals surface area contributed by atoms with Gasteiger partial charge < -0.3 is 15.7 Å². The lowest BCUT2D eigenvalue weighted by Gasteiger charge is -2.39. The van der Waals surface area contributed by atoms with E-state index in [1.54, 1.807) is 6.07 Å². The highest BCUT2D eigenvalue weighted by Gasteiger charge is 2.36. The number of benzene rings is 1. The molecule has 0 atom stereocenters. The second-order valence-electron chi connectivity index (χ2n) is 6.30. The summed E-state index contributed by atoms with van der Waals surface area (Å²) in [7, 11) is 0. The average molecular weight is 356 g/mol. The lowest BCUT2D eigenvalue weighted by Crippen LogP contribution is -2.43. The molecule has 0 saturated carbocycles. The normalized spacial score (nSPS) is 17.0. The van der Waals surface area contributed by atoms with E-state index in [2.05, 4.69) is 19.9 Å². The fourth-order valence-electron chi connectivity index (χ4n) is 3.39. The Kier molecular flexibility index (Phi) is 3.94. The Morgan fingerprint density at radius 2 is 1.84 bits per heavy atom. The van der Waals surface area contributed by atoms with E-state index in [1.165, 1.54) is 6.33 Å². The molecule has 0 aliphatic carbocycles. The van der Waals surface area contributed by atoms with Crippen molar-refractivity contribution in [3.05, 3.63) is 53.3 Å². The van der Waals surface area contributed by atoms with E-state index < -0.39 is 5.60 Å². The van der Waals surface area contributed by atoms with Crippen LogP contribution in [0.2, 0.25) is 5.02 Å². The maximum Gasteiger partial charge on any atom is 0.166 e. The first kappa shape index (κ1) is 16.1. The van der Waals surface area contributed by atoms with E-state index in [-0.39, 0.29) is 0 Å². The van der Waals surface area contributed by atoms with Crippen molar-refractivity contribution in [3.8, 4) is 0 Å². The largest absolute Gasteiger partial charge is 0.385 e. The number of rotatable bonds is 2. The number of hydrogen-bond donors (Lipinski definition) is 2. The van der Waals surface area contributed by atoms with Crippen LogP contribution in [0.15, 0.2) is 42.7 Å². The van der Waals surface area contributed by atoms with Crippen LogP contribution in [0.3, 0.4) is 0 Å². The molecule has 0 unspecified atom stereocenters.